The maximum atomic E-state index is 13.1. The summed E-state index contributed by atoms with van der Waals surface area (Å²) < 4.78 is 54.7. The number of carbonyl (C=O) groups is 1. The number of halogens is 3. The van der Waals surface area contributed by atoms with Gasteiger partial charge in [-0.05, 0) is 94.0 Å². The monoisotopic (exact) mass is 682 g/mol. The first kappa shape index (κ1) is 43.5. The standard InChI is InChI=1S/C26H29F3N2OS.C11H16O.C2H4O/c1-7-11-14-20(6)33(32)31-25-17-19(5)30-24(23(25)10-4)16-12-15-21(13-8-2)18-22(9-3)26(27,28)29;1-3-9(2)8-10-4-6-11(12)7-5-10;1-2-3/h7-14,16-18H,2-4,15H2,1,5-6H3,(H,30,31);4-7,9,12H,3,8H2,1-2H3;2H,1H3/b11-7-,16-12-,20-14+,21-13-,22-18+;;. The van der Waals surface area contributed by atoms with Crippen molar-refractivity contribution in [3.05, 3.63) is 137 Å². The Morgan fingerprint density at radius 2 is 1.75 bits per heavy atom. The largest absolute Gasteiger partial charge is 0.508 e. The highest BCUT2D eigenvalue weighted by Crippen LogP contribution is 2.29. The molecule has 48 heavy (non-hydrogen) atoms. The zero-order valence-corrected chi connectivity index (χ0v) is 29.6. The molecule has 0 aliphatic rings. The summed E-state index contributed by atoms with van der Waals surface area (Å²) in [5.41, 5.74) is 3.35. The number of nitrogens with zero attached hydrogens (tertiary/aromatic N) is 1. The minimum Gasteiger partial charge on any atom is -0.508 e. The van der Waals surface area contributed by atoms with E-state index in [1.165, 1.54) is 31.1 Å². The topological polar surface area (TPSA) is 79.3 Å². The zero-order valence-electron chi connectivity index (χ0n) is 28.8. The van der Waals surface area contributed by atoms with Gasteiger partial charge in [0.05, 0.1) is 17.0 Å². The fourth-order valence-electron chi connectivity index (χ4n) is 3.88. The number of pyridine rings is 1. The van der Waals surface area contributed by atoms with Crippen molar-refractivity contribution < 1.29 is 27.3 Å². The van der Waals surface area contributed by atoms with Gasteiger partial charge in [-0.25, -0.2) is 4.21 Å². The molecule has 260 valence electrons. The molecule has 0 bridgehead atoms. The van der Waals surface area contributed by atoms with Crippen LogP contribution in [0.3, 0.4) is 0 Å². The van der Waals surface area contributed by atoms with Gasteiger partial charge < -0.3 is 14.6 Å². The molecule has 1 heterocycles. The number of hydrogen-bond donors (Lipinski definition) is 2. The molecule has 0 amide bonds. The Labute approximate surface area is 287 Å². The number of aryl methyl sites for hydroxylation is 1. The van der Waals surface area contributed by atoms with Gasteiger partial charge in [-0.2, -0.15) is 13.2 Å². The van der Waals surface area contributed by atoms with E-state index in [1.54, 1.807) is 62.4 Å². The molecule has 0 aliphatic heterocycles. The lowest BCUT2D eigenvalue weighted by Crippen LogP contribution is -2.10. The van der Waals surface area contributed by atoms with Crippen LogP contribution in [0.25, 0.3) is 12.2 Å². The summed E-state index contributed by atoms with van der Waals surface area (Å²) in [5.74, 6) is 1.08. The van der Waals surface area contributed by atoms with Crippen LogP contribution in [0.5, 0.6) is 5.75 Å². The summed E-state index contributed by atoms with van der Waals surface area (Å²) in [6.45, 7) is 21.9. The average molecular weight is 683 g/mol. The number of rotatable bonds is 14. The van der Waals surface area contributed by atoms with E-state index in [4.69, 9.17) is 9.90 Å². The third-order valence-corrected chi connectivity index (χ3v) is 7.63. The number of anilines is 1. The Balaban J connectivity index is 0.00000121. The van der Waals surface area contributed by atoms with Crippen LogP contribution in [-0.2, 0) is 22.2 Å². The SMILES string of the molecule is C=C/C=C(\C=C(/C=C)C(F)(F)F)C/C=C\c1nc(C)cc(NS(=O)/C(C)=C/C=C\C)c1C=C.CC=O.CCC(C)Cc1ccc(O)cc1. The Kier molecular flexibility index (Phi) is 21.5. The number of carbonyl (C=O) groups excluding carboxylic acids is 1. The number of aldehydes is 1. The van der Waals surface area contributed by atoms with Crippen LogP contribution in [0.1, 0.15) is 70.0 Å². The molecular formula is C39H49F3N2O3S. The van der Waals surface area contributed by atoms with Gasteiger partial charge in [-0.3, -0.25) is 4.98 Å². The minimum atomic E-state index is -4.49. The normalized spacial score (nSPS) is 13.5. The van der Waals surface area contributed by atoms with Crippen molar-refractivity contribution in [2.75, 3.05) is 4.72 Å². The Bertz CT molecular complexity index is 1520. The number of aromatic hydroxyl groups is 1. The highest BCUT2D eigenvalue weighted by molar-refractivity contribution is 7.90. The van der Waals surface area contributed by atoms with Gasteiger partial charge in [0.25, 0.3) is 0 Å². The summed E-state index contributed by atoms with van der Waals surface area (Å²) in [5, 5.41) is 9.05. The maximum Gasteiger partial charge on any atom is 0.416 e. The first-order valence-electron chi connectivity index (χ1n) is 15.4. The second-order valence-electron chi connectivity index (χ2n) is 10.5. The van der Waals surface area contributed by atoms with Crippen LogP contribution >= 0.6 is 0 Å². The zero-order chi connectivity index (χ0) is 36.7. The minimum absolute atomic E-state index is 0.214. The molecule has 2 atom stereocenters. The van der Waals surface area contributed by atoms with E-state index in [2.05, 4.69) is 43.3 Å². The highest BCUT2D eigenvalue weighted by atomic mass is 32.2. The third-order valence-electron chi connectivity index (χ3n) is 6.51. The number of hydrogen-bond acceptors (Lipinski definition) is 4. The number of allylic oxidation sites excluding steroid dienone is 11. The Hall–Kier alpha value is -4.50. The van der Waals surface area contributed by atoms with Gasteiger partial charge >= 0.3 is 6.18 Å². The molecule has 0 fully saturated rings. The van der Waals surface area contributed by atoms with Crippen LogP contribution in [0.15, 0.2) is 115 Å². The van der Waals surface area contributed by atoms with Crippen LogP contribution in [0, 0.1) is 12.8 Å². The molecule has 2 rings (SSSR count). The Morgan fingerprint density at radius 1 is 1.12 bits per heavy atom. The summed E-state index contributed by atoms with van der Waals surface area (Å²) in [4.78, 5) is 13.9. The van der Waals surface area contributed by atoms with Crippen molar-refractivity contribution >= 4 is 35.1 Å². The smallest absolute Gasteiger partial charge is 0.416 e. The first-order chi connectivity index (χ1) is 22.7. The maximum absolute atomic E-state index is 13.1. The molecule has 0 radical (unpaired) electrons. The van der Waals surface area contributed by atoms with Crippen LogP contribution < -0.4 is 4.72 Å². The molecular weight excluding hydrogens is 634 g/mol. The molecule has 0 aliphatic carbocycles. The molecule has 0 saturated carbocycles. The van der Waals surface area contributed by atoms with Gasteiger partial charge in [0.15, 0.2) is 0 Å². The van der Waals surface area contributed by atoms with E-state index in [1.807, 2.05) is 25.1 Å². The van der Waals surface area contributed by atoms with Crippen molar-refractivity contribution in [3.63, 3.8) is 0 Å². The molecule has 5 nitrogen and oxygen atoms in total. The van der Waals surface area contributed by atoms with Gasteiger partial charge in [-0.1, -0.05) is 94.7 Å². The van der Waals surface area contributed by atoms with Gasteiger partial charge in [0.1, 0.15) is 23.0 Å². The van der Waals surface area contributed by atoms with E-state index in [9.17, 15) is 17.4 Å². The Morgan fingerprint density at radius 3 is 2.25 bits per heavy atom. The van der Waals surface area contributed by atoms with E-state index < -0.39 is 22.7 Å². The molecule has 0 saturated heterocycles. The predicted octanol–water partition coefficient (Wildman–Crippen LogP) is 11.0. The predicted molar refractivity (Wildman–Crippen MR) is 199 cm³/mol. The first-order valence-corrected chi connectivity index (χ1v) is 16.5. The van der Waals surface area contributed by atoms with Crippen molar-refractivity contribution in [3.8, 4) is 5.75 Å². The summed E-state index contributed by atoms with van der Waals surface area (Å²) in [6.07, 6.45) is 13.9. The highest BCUT2D eigenvalue weighted by Gasteiger charge is 2.31. The second-order valence-corrected chi connectivity index (χ2v) is 11.9. The van der Waals surface area contributed by atoms with Crippen LogP contribution in [-0.4, -0.2) is 26.8 Å². The van der Waals surface area contributed by atoms with Crippen molar-refractivity contribution in [2.24, 2.45) is 5.92 Å². The van der Waals surface area contributed by atoms with Crippen molar-refractivity contribution in [1.82, 2.24) is 4.98 Å². The fraction of sp³-hybridized carbons (Fsp3) is 0.282. The third kappa shape index (κ3) is 17.4. The number of alkyl halides is 3. The second kappa shape index (κ2) is 23.8. The molecule has 0 spiro atoms. The lowest BCUT2D eigenvalue weighted by molar-refractivity contribution is -0.106. The average Bonchev–Trinajstić information content (AvgIpc) is 3.03. The molecule has 2 aromatic rings. The summed E-state index contributed by atoms with van der Waals surface area (Å²) in [7, 11) is -1.46. The summed E-state index contributed by atoms with van der Waals surface area (Å²) in [6, 6.07) is 9.24. The number of phenolic OH excluding ortho intramolecular Hbond substituents is 1. The van der Waals surface area contributed by atoms with Gasteiger partial charge in [0.2, 0.25) is 0 Å². The van der Waals surface area contributed by atoms with E-state index in [0.717, 1.165) is 30.8 Å². The lowest BCUT2D eigenvalue weighted by atomic mass is 9.99. The summed E-state index contributed by atoms with van der Waals surface area (Å²) >= 11 is 0. The number of phenols is 1. The fourth-order valence-corrected chi connectivity index (χ4v) is 4.61. The van der Waals surface area contributed by atoms with Crippen LogP contribution in [0.4, 0.5) is 18.9 Å². The van der Waals surface area contributed by atoms with E-state index in [-0.39, 0.29) is 6.42 Å². The molecule has 2 unspecified atom stereocenters. The number of aromatic nitrogens is 1. The van der Waals surface area contributed by atoms with Crippen LogP contribution in [0.2, 0.25) is 0 Å². The van der Waals surface area contributed by atoms with Crippen molar-refractivity contribution in [2.45, 2.75) is 67.0 Å². The van der Waals surface area contributed by atoms with E-state index in [0.29, 0.717) is 38.9 Å². The molecule has 1 aromatic carbocycles. The number of nitrogens with one attached hydrogen (secondary N) is 1. The molecule has 2 N–H and O–H groups in total. The molecule has 1 aromatic heterocycles. The number of benzene rings is 1. The van der Waals surface area contributed by atoms with Gasteiger partial charge in [-0.15, -0.1) is 0 Å². The van der Waals surface area contributed by atoms with Crippen molar-refractivity contribution in [1.29, 1.82) is 0 Å². The van der Waals surface area contributed by atoms with E-state index >= 15 is 0 Å². The lowest BCUT2D eigenvalue weighted by Gasteiger charge is -2.13. The van der Waals surface area contributed by atoms with Gasteiger partial charge in [0, 0.05) is 16.2 Å². The quantitative estimate of drug-likeness (QED) is 0.154. The molecule has 9 heteroatoms.